The summed E-state index contributed by atoms with van der Waals surface area (Å²) >= 11 is 6.03. The zero-order chi connectivity index (χ0) is 22.3. The molecule has 7 nitrogen and oxygen atoms in total. The maximum Gasteiger partial charge on any atom is 0.335 e. The van der Waals surface area contributed by atoms with Gasteiger partial charge in [-0.25, -0.2) is 9.36 Å². The molecule has 0 unspecified atom stereocenters. The van der Waals surface area contributed by atoms with Crippen molar-refractivity contribution in [1.29, 1.82) is 0 Å². The molecule has 31 heavy (non-hydrogen) atoms. The molecule has 0 saturated heterocycles. The normalized spacial score (nSPS) is 16.1. The van der Waals surface area contributed by atoms with Gasteiger partial charge in [-0.1, -0.05) is 55.8 Å². The number of hydrazone groups is 1. The molecule has 0 saturated carbocycles. The minimum absolute atomic E-state index is 0.0206. The highest BCUT2D eigenvalue weighted by molar-refractivity contribution is 6.30. The van der Waals surface area contributed by atoms with Crippen molar-refractivity contribution < 1.29 is 5.11 Å². The molecule has 2 heterocycles. The molecule has 2 N–H and O–H groups in total. The summed E-state index contributed by atoms with van der Waals surface area (Å²) in [7, 11) is 1.83. The summed E-state index contributed by atoms with van der Waals surface area (Å²) in [6.07, 6.45) is 0.419. The van der Waals surface area contributed by atoms with Crippen molar-refractivity contribution in [3.63, 3.8) is 0 Å². The Morgan fingerprint density at radius 3 is 2.52 bits per heavy atom. The van der Waals surface area contributed by atoms with E-state index in [1.807, 2.05) is 7.05 Å². The first-order valence-corrected chi connectivity index (χ1v) is 10.4. The third-order valence-electron chi connectivity index (χ3n) is 5.55. The van der Waals surface area contributed by atoms with E-state index in [9.17, 15) is 14.7 Å². The molecule has 2 aromatic carbocycles. The highest BCUT2D eigenvalue weighted by atomic mass is 35.5. The summed E-state index contributed by atoms with van der Waals surface area (Å²) in [5.74, 6) is -0.0239. The third-order valence-corrected chi connectivity index (χ3v) is 5.78. The quantitative estimate of drug-likeness (QED) is 0.648. The zero-order valence-corrected chi connectivity index (χ0v) is 18.2. The van der Waals surface area contributed by atoms with Crippen LogP contribution >= 0.6 is 11.6 Å². The number of rotatable bonds is 4. The number of nitrogens with one attached hydrogen (secondary N) is 1. The van der Waals surface area contributed by atoms with Gasteiger partial charge in [0.15, 0.2) is 0 Å². The molecule has 1 aliphatic heterocycles. The van der Waals surface area contributed by atoms with E-state index in [-0.39, 0.29) is 11.6 Å². The molecular formula is C23H23ClN4O3. The van der Waals surface area contributed by atoms with Crippen molar-refractivity contribution in [3.05, 3.63) is 91.1 Å². The summed E-state index contributed by atoms with van der Waals surface area (Å²) < 4.78 is 1.02. The molecule has 4 rings (SSSR count). The molecular weight excluding hydrogens is 416 g/mol. The van der Waals surface area contributed by atoms with Gasteiger partial charge in [0.2, 0.25) is 5.88 Å². The number of benzene rings is 2. The van der Waals surface area contributed by atoms with Gasteiger partial charge >= 0.3 is 5.69 Å². The first-order valence-electron chi connectivity index (χ1n) is 10.0. The molecule has 0 bridgehead atoms. The van der Waals surface area contributed by atoms with Gasteiger partial charge in [-0.2, -0.15) is 5.10 Å². The minimum atomic E-state index is -0.749. The minimum Gasteiger partial charge on any atom is -0.493 e. The van der Waals surface area contributed by atoms with Crippen LogP contribution in [0.2, 0.25) is 5.02 Å². The number of aromatic nitrogens is 2. The van der Waals surface area contributed by atoms with E-state index < -0.39 is 17.1 Å². The Labute approximate surface area is 184 Å². The van der Waals surface area contributed by atoms with Gasteiger partial charge in [-0.15, -0.1) is 0 Å². The van der Waals surface area contributed by atoms with E-state index in [0.29, 0.717) is 28.8 Å². The fraction of sp³-hybridized carbons (Fsp3) is 0.261. The van der Waals surface area contributed by atoms with Gasteiger partial charge in [0, 0.05) is 18.5 Å². The van der Waals surface area contributed by atoms with Crippen molar-refractivity contribution >= 4 is 17.3 Å². The molecule has 1 aromatic heterocycles. The van der Waals surface area contributed by atoms with E-state index >= 15 is 0 Å². The molecule has 0 amide bonds. The van der Waals surface area contributed by atoms with Crippen LogP contribution < -0.4 is 11.2 Å². The number of aromatic hydroxyl groups is 1. The molecule has 0 spiro atoms. The van der Waals surface area contributed by atoms with E-state index in [1.54, 1.807) is 23.2 Å². The van der Waals surface area contributed by atoms with Crippen molar-refractivity contribution in [3.8, 4) is 11.6 Å². The molecule has 3 aromatic rings. The van der Waals surface area contributed by atoms with E-state index in [0.717, 1.165) is 10.1 Å². The number of hydrogen-bond acceptors (Lipinski definition) is 5. The largest absolute Gasteiger partial charge is 0.493 e. The van der Waals surface area contributed by atoms with Gasteiger partial charge in [0.05, 0.1) is 17.4 Å². The standard InChI is InChI=1S/C23H23ClN4O3/c1-13(2)14-7-9-15(10-8-14)19-12-18(26-27(19)3)20-21(29)25-23(31)28(22(20)30)17-6-4-5-16(24)11-17/h4-11,13,19,30H,12H2,1-3H3,(H,25,29,31)/t19-/m1/s1. The number of nitrogens with zero attached hydrogens (tertiary/aromatic N) is 3. The second kappa shape index (κ2) is 8.07. The SMILES string of the molecule is CC(C)c1ccc([C@H]2CC(c3c(O)n(-c4cccc(Cl)c4)c(=O)[nH]c3=O)=NN2C)cc1. The number of aromatic amines is 1. The van der Waals surface area contributed by atoms with Crippen LogP contribution in [0, 0.1) is 0 Å². The van der Waals surface area contributed by atoms with Gasteiger partial charge in [0.1, 0.15) is 5.56 Å². The second-order valence-corrected chi connectivity index (χ2v) is 8.37. The third kappa shape index (κ3) is 3.88. The summed E-state index contributed by atoms with van der Waals surface area (Å²) in [6.45, 7) is 4.28. The Bertz CT molecular complexity index is 1280. The van der Waals surface area contributed by atoms with Gasteiger partial charge in [-0.05, 0) is 35.2 Å². The highest BCUT2D eigenvalue weighted by Crippen LogP contribution is 2.33. The Balaban J connectivity index is 1.73. The topological polar surface area (TPSA) is 90.7 Å². The van der Waals surface area contributed by atoms with Crippen LogP contribution in [0.15, 0.2) is 63.2 Å². The summed E-state index contributed by atoms with van der Waals surface area (Å²) in [5.41, 5.74) is 1.62. The lowest BCUT2D eigenvalue weighted by Crippen LogP contribution is -2.33. The van der Waals surface area contributed by atoms with E-state index in [2.05, 4.69) is 48.2 Å². The lowest BCUT2D eigenvalue weighted by molar-refractivity contribution is 0.290. The predicted molar refractivity (Wildman–Crippen MR) is 122 cm³/mol. The van der Waals surface area contributed by atoms with Crippen LogP contribution in [0.25, 0.3) is 5.69 Å². The maximum atomic E-state index is 12.6. The van der Waals surface area contributed by atoms with Crippen LogP contribution in [-0.4, -0.2) is 32.4 Å². The average molecular weight is 439 g/mol. The van der Waals surface area contributed by atoms with Crippen molar-refractivity contribution in [2.45, 2.75) is 32.2 Å². The van der Waals surface area contributed by atoms with Crippen molar-refractivity contribution in [1.82, 2.24) is 14.6 Å². The van der Waals surface area contributed by atoms with Crippen LogP contribution in [0.5, 0.6) is 5.88 Å². The van der Waals surface area contributed by atoms with Gasteiger partial charge in [0.25, 0.3) is 5.56 Å². The first kappa shape index (κ1) is 20.9. The molecule has 160 valence electrons. The fourth-order valence-corrected chi connectivity index (χ4v) is 4.03. The number of H-pyrrole nitrogens is 1. The average Bonchev–Trinajstić information content (AvgIpc) is 3.08. The summed E-state index contributed by atoms with van der Waals surface area (Å²) in [6, 6.07) is 14.7. The van der Waals surface area contributed by atoms with Crippen LogP contribution in [0.4, 0.5) is 0 Å². The number of hydrogen-bond donors (Lipinski definition) is 2. The van der Waals surface area contributed by atoms with E-state index in [1.165, 1.54) is 11.6 Å². The highest BCUT2D eigenvalue weighted by Gasteiger charge is 2.30. The molecule has 0 fully saturated rings. The molecule has 0 radical (unpaired) electrons. The van der Waals surface area contributed by atoms with Crippen LogP contribution in [-0.2, 0) is 0 Å². The smallest absolute Gasteiger partial charge is 0.335 e. The monoisotopic (exact) mass is 438 g/mol. The lowest BCUT2D eigenvalue weighted by atomic mass is 9.96. The van der Waals surface area contributed by atoms with Crippen LogP contribution in [0.3, 0.4) is 0 Å². The summed E-state index contributed by atoms with van der Waals surface area (Å²) in [4.78, 5) is 27.3. The van der Waals surface area contributed by atoms with Crippen molar-refractivity contribution in [2.75, 3.05) is 7.05 Å². The van der Waals surface area contributed by atoms with E-state index in [4.69, 9.17) is 11.6 Å². The Morgan fingerprint density at radius 2 is 1.87 bits per heavy atom. The predicted octanol–water partition coefficient (Wildman–Crippen LogP) is 3.79. The van der Waals surface area contributed by atoms with Crippen molar-refractivity contribution in [2.24, 2.45) is 5.10 Å². The second-order valence-electron chi connectivity index (χ2n) is 7.93. The lowest BCUT2D eigenvalue weighted by Gasteiger charge is -2.19. The Kier molecular flexibility index (Phi) is 5.45. The van der Waals surface area contributed by atoms with Gasteiger partial charge < -0.3 is 5.11 Å². The van der Waals surface area contributed by atoms with Gasteiger partial charge in [-0.3, -0.25) is 14.8 Å². The Morgan fingerprint density at radius 1 is 1.16 bits per heavy atom. The Hall–Kier alpha value is -3.32. The molecule has 1 aliphatic rings. The zero-order valence-electron chi connectivity index (χ0n) is 17.5. The summed E-state index contributed by atoms with van der Waals surface area (Å²) in [5, 5.41) is 17.6. The number of halogens is 1. The first-order chi connectivity index (χ1) is 14.8. The molecule has 0 aliphatic carbocycles. The molecule has 1 atom stereocenters. The maximum absolute atomic E-state index is 12.6. The fourth-order valence-electron chi connectivity index (χ4n) is 3.84. The van der Waals surface area contributed by atoms with Crippen LogP contribution in [0.1, 0.15) is 48.9 Å². The molecule has 8 heteroatoms.